The second kappa shape index (κ2) is 5.57. The number of ether oxygens (including phenoxy) is 3. The van der Waals surface area contributed by atoms with Crippen LogP contribution in [0.1, 0.15) is 0 Å². The van der Waals surface area contributed by atoms with E-state index in [-0.39, 0.29) is 0 Å². The van der Waals surface area contributed by atoms with E-state index in [0.717, 1.165) is 14.2 Å². The van der Waals surface area contributed by atoms with Crippen LogP contribution in [-0.2, 0) is 23.8 Å². The van der Waals surface area contributed by atoms with Crippen molar-refractivity contribution < 1.29 is 28.6 Å². The van der Waals surface area contributed by atoms with E-state index in [0.29, 0.717) is 6.26 Å². The average Bonchev–Trinajstić information content (AvgIpc) is 2.16. The SMILES string of the molecule is COC(=O)C(=COC(N)=O)C(=O)OC. The van der Waals surface area contributed by atoms with Crippen molar-refractivity contribution in [1.29, 1.82) is 0 Å². The molecule has 0 aromatic heterocycles. The van der Waals surface area contributed by atoms with Crippen LogP contribution < -0.4 is 5.73 Å². The molecule has 7 nitrogen and oxygen atoms in total. The smallest absolute Gasteiger partial charge is 0.409 e. The third kappa shape index (κ3) is 3.57. The summed E-state index contributed by atoms with van der Waals surface area (Å²) in [6.45, 7) is 0. The zero-order chi connectivity index (χ0) is 11.1. The van der Waals surface area contributed by atoms with Crippen LogP contribution in [-0.4, -0.2) is 32.3 Å². The van der Waals surface area contributed by atoms with Gasteiger partial charge in [0.2, 0.25) is 0 Å². The molecule has 78 valence electrons. The van der Waals surface area contributed by atoms with Crippen LogP contribution in [0.5, 0.6) is 0 Å². The molecule has 0 bridgehead atoms. The van der Waals surface area contributed by atoms with E-state index in [9.17, 15) is 14.4 Å². The van der Waals surface area contributed by atoms with E-state index >= 15 is 0 Å². The molecule has 0 atom stereocenters. The Morgan fingerprint density at radius 1 is 1.07 bits per heavy atom. The van der Waals surface area contributed by atoms with Crippen LogP contribution in [0.15, 0.2) is 11.8 Å². The number of nitrogens with two attached hydrogens (primary N) is 1. The maximum atomic E-state index is 10.9. The Hall–Kier alpha value is -2.05. The van der Waals surface area contributed by atoms with Gasteiger partial charge >= 0.3 is 18.0 Å². The van der Waals surface area contributed by atoms with Gasteiger partial charge in [0.25, 0.3) is 0 Å². The van der Waals surface area contributed by atoms with Crippen LogP contribution in [0.3, 0.4) is 0 Å². The number of primary amides is 1. The second-order valence-corrected chi connectivity index (χ2v) is 1.95. The van der Waals surface area contributed by atoms with Gasteiger partial charge in [-0.15, -0.1) is 0 Å². The fourth-order valence-electron chi connectivity index (χ4n) is 0.516. The molecule has 0 heterocycles. The fourth-order valence-corrected chi connectivity index (χ4v) is 0.516. The zero-order valence-corrected chi connectivity index (χ0v) is 7.60. The molecule has 0 fully saturated rings. The first-order valence-corrected chi connectivity index (χ1v) is 3.35. The first kappa shape index (κ1) is 11.9. The summed E-state index contributed by atoms with van der Waals surface area (Å²) in [4.78, 5) is 32.0. The van der Waals surface area contributed by atoms with Gasteiger partial charge in [-0.2, -0.15) is 0 Å². The van der Waals surface area contributed by atoms with Gasteiger partial charge in [-0.25, -0.2) is 14.4 Å². The molecule has 0 radical (unpaired) electrons. The van der Waals surface area contributed by atoms with Gasteiger partial charge in [-0.05, 0) is 0 Å². The molecule has 2 N–H and O–H groups in total. The lowest BCUT2D eigenvalue weighted by Gasteiger charge is -2.02. The number of hydrogen-bond donors (Lipinski definition) is 1. The minimum Gasteiger partial charge on any atom is -0.465 e. The Morgan fingerprint density at radius 3 is 1.79 bits per heavy atom. The molecular weight excluding hydrogens is 194 g/mol. The Bertz CT molecular complexity index is 264. The van der Waals surface area contributed by atoms with E-state index in [2.05, 4.69) is 19.9 Å². The number of carbonyl (C=O) groups excluding carboxylic acids is 3. The quantitative estimate of drug-likeness (QED) is 0.162. The number of methoxy groups -OCH3 is 2. The molecular formula is C7H9NO6. The molecule has 0 unspecified atom stereocenters. The molecule has 0 aliphatic rings. The minimum absolute atomic E-state index is 0.561. The Labute approximate surface area is 79.4 Å². The summed E-state index contributed by atoms with van der Waals surface area (Å²) >= 11 is 0. The highest BCUT2D eigenvalue weighted by molar-refractivity contribution is 6.13. The van der Waals surface area contributed by atoms with Gasteiger partial charge in [-0.1, -0.05) is 0 Å². The fraction of sp³-hybridized carbons (Fsp3) is 0.286. The first-order chi connectivity index (χ1) is 6.52. The highest BCUT2D eigenvalue weighted by Gasteiger charge is 2.20. The Kier molecular flexibility index (Phi) is 4.76. The summed E-state index contributed by atoms with van der Waals surface area (Å²) in [7, 11) is 2.12. The molecule has 0 rings (SSSR count). The lowest BCUT2D eigenvalue weighted by atomic mass is 10.3. The third-order valence-corrected chi connectivity index (χ3v) is 1.10. The van der Waals surface area contributed by atoms with Crippen molar-refractivity contribution in [2.75, 3.05) is 14.2 Å². The highest BCUT2D eigenvalue weighted by Crippen LogP contribution is 2.00. The largest absolute Gasteiger partial charge is 0.465 e. The Morgan fingerprint density at radius 2 is 1.50 bits per heavy atom. The molecule has 0 aromatic rings. The predicted molar refractivity (Wildman–Crippen MR) is 42.8 cm³/mol. The summed E-state index contributed by atoms with van der Waals surface area (Å²) in [5, 5.41) is 0. The molecule has 7 heteroatoms. The van der Waals surface area contributed by atoms with Crippen molar-refractivity contribution in [3.8, 4) is 0 Å². The minimum atomic E-state index is -1.16. The topological polar surface area (TPSA) is 105 Å². The summed E-state index contributed by atoms with van der Waals surface area (Å²) in [6.07, 6.45) is -0.588. The van der Waals surface area contributed by atoms with Gasteiger partial charge in [0, 0.05) is 0 Å². The second-order valence-electron chi connectivity index (χ2n) is 1.95. The maximum Gasteiger partial charge on any atom is 0.409 e. The van der Waals surface area contributed by atoms with Gasteiger partial charge in [0.15, 0.2) is 5.57 Å². The molecule has 0 aliphatic carbocycles. The van der Waals surface area contributed by atoms with E-state index in [1.54, 1.807) is 0 Å². The molecule has 0 aliphatic heterocycles. The molecule has 14 heavy (non-hydrogen) atoms. The normalized spacial score (nSPS) is 8.43. The zero-order valence-electron chi connectivity index (χ0n) is 7.60. The van der Waals surface area contributed by atoms with Crippen molar-refractivity contribution >= 4 is 18.0 Å². The summed E-state index contributed by atoms with van der Waals surface area (Å²) < 4.78 is 12.6. The summed E-state index contributed by atoms with van der Waals surface area (Å²) in [5.41, 5.74) is 4.05. The predicted octanol–water partition coefficient (Wildman–Crippen LogP) is -0.688. The van der Waals surface area contributed by atoms with Crippen LogP contribution in [0.4, 0.5) is 4.79 Å². The molecule has 0 saturated carbocycles. The molecule has 0 saturated heterocycles. The summed E-state index contributed by atoms with van der Waals surface area (Å²) in [5.74, 6) is -1.98. The Balaban J connectivity index is 4.71. The van der Waals surface area contributed by atoms with Crippen molar-refractivity contribution in [2.24, 2.45) is 5.73 Å². The number of hydrogen-bond acceptors (Lipinski definition) is 6. The van der Waals surface area contributed by atoms with Crippen LogP contribution in [0.25, 0.3) is 0 Å². The van der Waals surface area contributed by atoms with Crippen LogP contribution in [0, 0.1) is 0 Å². The average molecular weight is 203 g/mol. The molecule has 1 amide bonds. The van der Waals surface area contributed by atoms with Gasteiger partial charge in [0.1, 0.15) is 6.26 Å². The van der Waals surface area contributed by atoms with Gasteiger partial charge in [-0.3, -0.25) is 0 Å². The van der Waals surface area contributed by atoms with Gasteiger partial charge in [0.05, 0.1) is 14.2 Å². The van der Waals surface area contributed by atoms with Crippen molar-refractivity contribution in [2.45, 2.75) is 0 Å². The van der Waals surface area contributed by atoms with Crippen LogP contribution >= 0.6 is 0 Å². The van der Waals surface area contributed by atoms with E-state index in [4.69, 9.17) is 0 Å². The van der Waals surface area contributed by atoms with E-state index < -0.39 is 23.6 Å². The molecule has 0 aromatic carbocycles. The highest BCUT2D eigenvalue weighted by atomic mass is 16.6. The van der Waals surface area contributed by atoms with Gasteiger partial charge < -0.3 is 19.9 Å². The summed E-state index contributed by atoms with van der Waals surface area (Å²) in [6, 6.07) is 0. The van der Waals surface area contributed by atoms with E-state index in [1.165, 1.54) is 0 Å². The number of esters is 2. The first-order valence-electron chi connectivity index (χ1n) is 3.35. The third-order valence-electron chi connectivity index (χ3n) is 1.10. The standard InChI is InChI=1S/C7H9NO6/c1-12-5(9)4(6(10)13-2)3-14-7(8)11/h3H,1-2H3,(H2,8,11). The van der Waals surface area contributed by atoms with Crippen molar-refractivity contribution in [3.05, 3.63) is 11.8 Å². The maximum absolute atomic E-state index is 10.9. The number of carbonyl (C=O) groups is 3. The number of rotatable bonds is 3. The van der Waals surface area contributed by atoms with Crippen LogP contribution in [0.2, 0.25) is 0 Å². The lowest BCUT2D eigenvalue weighted by Crippen LogP contribution is -2.18. The monoisotopic (exact) mass is 203 g/mol. The van der Waals surface area contributed by atoms with Crippen molar-refractivity contribution in [1.82, 2.24) is 0 Å². The number of amides is 1. The molecule has 0 spiro atoms. The van der Waals surface area contributed by atoms with E-state index in [1.807, 2.05) is 0 Å². The lowest BCUT2D eigenvalue weighted by molar-refractivity contribution is -0.144. The van der Waals surface area contributed by atoms with Crippen molar-refractivity contribution in [3.63, 3.8) is 0 Å².